The average molecular weight is 344 g/mol. The summed E-state index contributed by atoms with van der Waals surface area (Å²) < 4.78 is 1.09. The van der Waals surface area contributed by atoms with Crippen molar-refractivity contribution in [3.63, 3.8) is 0 Å². The molecule has 0 radical (unpaired) electrons. The molecule has 2 aromatic carbocycles. The lowest BCUT2D eigenvalue weighted by Crippen LogP contribution is -2.07. The average Bonchev–Trinajstić information content (AvgIpc) is 2.97. The highest BCUT2D eigenvalue weighted by atomic mass is 32.1. The first-order valence-electron chi connectivity index (χ1n) is 7.06. The van der Waals surface area contributed by atoms with Crippen LogP contribution >= 0.6 is 11.3 Å². The molecule has 0 atom stereocenters. The Hall–Kier alpha value is -3.07. The topological polar surface area (TPSA) is 111 Å². The molecule has 0 fully saturated rings. The monoisotopic (exact) mass is 344 g/mol. The van der Waals surface area contributed by atoms with Crippen LogP contribution < -0.4 is 5.32 Å². The molecule has 0 amide bonds. The first-order chi connectivity index (χ1) is 11.5. The second-order valence-corrected chi connectivity index (χ2v) is 6.08. The molecular weight excluding hydrogens is 332 g/mol. The van der Waals surface area contributed by atoms with Gasteiger partial charge in [-0.2, -0.15) is 0 Å². The summed E-state index contributed by atoms with van der Waals surface area (Å²) in [7, 11) is 0. The van der Waals surface area contributed by atoms with Gasteiger partial charge < -0.3 is 5.32 Å². The summed E-state index contributed by atoms with van der Waals surface area (Å²) in [6, 6.07) is 11.4. The molecule has 1 heterocycles. The summed E-state index contributed by atoms with van der Waals surface area (Å²) in [5.74, 6) is 0. The molecule has 0 saturated heterocycles. The maximum atomic E-state index is 11.1. The molecular formula is C15H12N4O4S. The summed E-state index contributed by atoms with van der Waals surface area (Å²) in [5, 5.41) is 25.7. The van der Waals surface area contributed by atoms with Crippen LogP contribution in [0.2, 0.25) is 0 Å². The third kappa shape index (κ3) is 3.30. The number of nitrogens with one attached hydrogen (secondary N) is 1. The number of anilines is 1. The van der Waals surface area contributed by atoms with E-state index in [4.69, 9.17) is 0 Å². The van der Waals surface area contributed by atoms with Gasteiger partial charge in [0, 0.05) is 19.0 Å². The molecule has 0 spiro atoms. The van der Waals surface area contributed by atoms with Gasteiger partial charge in [-0.15, -0.1) is 11.3 Å². The number of hydrogen-bond acceptors (Lipinski definition) is 7. The van der Waals surface area contributed by atoms with Crippen LogP contribution in [0.5, 0.6) is 0 Å². The molecule has 0 bridgehead atoms. The number of benzene rings is 2. The molecule has 3 aromatic rings. The van der Waals surface area contributed by atoms with Crippen molar-refractivity contribution in [2.75, 3.05) is 11.9 Å². The lowest BCUT2D eigenvalue weighted by atomic mass is 10.2. The van der Waals surface area contributed by atoms with E-state index in [-0.39, 0.29) is 17.1 Å². The van der Waals surface area contributed by atoms with Crippen molar-refractivity contribution in [1.82, 2.24) is 4.98 Å². The molecule has 24 heavy (non-hydrogen) atoms. The Morgan fingerprint density at radius 2 is 1.88 bits per heavy atom. The number of rotatable bonds is 6. The van der Waals surface area contributed by atoms with Gasteiger partial charge in [0.1, 0.15) is 5.69 Å². The van der Waals surface area contributed by atoms with Crippen LogP contribution in [0.25, 0.3) is 10.2 Å². The zero-order valence-corrected chi connectivity index (χ0v) is 13.2. The van der Waals surface area contributed by atoms with Gasteiger partial charge in [-0.3, -0.25) is 20.2 Å². The molecule has 0 aliphatic heterocycles. The second-order valence-electron chi connectivity index (χ2n) is 4.97. The van der Waals surface area contributed by atoms with Crippen molar-refractivity contribution in [3.8, 4) is 0 Å². The second kappa shape index (κ2) is 6.59. The number of nitrogens with zero attached hydrogens (tertiary/aromatic N) is 3. The molecule has 9 heteroatoms. The van der Waals surface area contributed by atoms with Gasteiger partial charge in [0.15, 0.2) is 0 Å². The zero-order chi connectivity index (χ0) is 17.1. The van der Waals surface area contributed by atoms with Crippen LogP contribution in [0.1, 0.15) is 5.01 Å². The van der Waals surface area contributed by atoms with Crippen molar-refractivity contribution in [1.29, 1.82) is 0 Å². The molecule has 0 aliphatic rings. The fourth-order valence-electron chi connectivity index (χ4n) is 2.27. The summed E-state index contributed by atoms with van der Waals surface area (Å²) >= 11 is 1.57. The van der Waals surface area contributed by atoms with Gasteiger partial charge in [0.2, 0.25) is 0 Å². The van der Waals surface area contributed by atoms with Crippen LogP contribution in [0.4, 0.5) is 17.1 Å². The van der Waals surface area contributed by atoms with Crippen LogP contribution in [-0.4, -0.2) is 21.4 Å². The Bertz CT molecular complexity index is 892. The van der Waals surface area contributed by atoms with E-state index in [1.165, 1.54) is 12.1 Å². The SMILES string of the molecule is O=[N+]([O-])c1ccc(NCCc2nc3ccccc3s2)c([N+](=O)[O-])c1. The van der Waals surface area contributed by atoms with Crippen LogP contribution in [0.3, 0.4) is 0 Å². The van der Waals surface area contributed by atoms with Crippen molar-refractivity contribution in [2.45, 2.75) is 6.42 Å². The third-order valence-electron chi connectivity index (χ3n) is 3.38. The van der Waals surface area contributed by atoms with Gasteiger partial charge >= 0.3 is 0 Å². The fraction of sp³-hybridized carbons (Fsp3) is 0.133. The molecule has 1 N–H and O–H groups in total. The molecule has 8 nitrogen and oxygen atoms in total. The Labute approximate surface area is 140 Å². The van der Waals surface area contributed by atoms with E-state index in [2.05, 4.69) is 10.3 Å². The minimum absolute atomic E-state index is 0.256. The van der Waals surface area contributed by atoms with Gasteiger partial charge in [-0.1, -0.05) is 12.1 Å². The minimum Gasteiger partial charge on any atom is -0.379 e. The Balaban J connectivity index is 1.72. The predicted octanol–water partition coefficient (Wildman–Crippen LogP) is 3.77. The van der Waals surface area contributed by atoms with E-state index in [0.29, 0.717) is 13.0 Å². The smallest absolute Gasteiger partial charge is 0.299 e. The first-order valence-corrected chi connectivity index (χ1v) is 7.87. The molecule has 0 unspecified atom stereocenters. The fourth-order valence-corrected chi connectivity index (χ4v) is 3.23. The van der Waals surface area contributed by atoms with Gasteiger partial charge in [0.25, 0.3) is 11.4 Å². The Morgan fingerprint density at radius 3 is 2.58 bits per heavy atom. The van der Waals surface area contributed by atoms with E-state index in [1.54, 1.807) is 11.3 Å². The molecule has 122 valence electrons. The molecule has 3 rings (SSSR count). The maximum Gasteiger partial charge on any atom is 0.299 e. The number of fused-ring (bicyclic) bond motifs is 1. The quantitative estimate of drug-likeness (QED) is 0.538. The van der Waals surface area contributed by atoms with E-state index < -0.39 is 9.85 Å². The van der Waals surface area contributed by atoms with E-state index in [9.17, 15) is 20.2 Å². The zero-order valence-electron chi connectivity index (χ0n) is 12.3. The van der Waals surface area contributed by atoms with Crippen molar-refractivity contribution in [3.05, 3.63) is 67.7 Å². The van der Waals surface area contributed by atoms with Gasteiger partial charge in [-0.05, 0) is 18.2 Å². The largest absolute Gasteiger partial charge is 0.379 e. The van der Waals surface area contributed by atoms with Gasteiger partial charge in [0.05, 0.1) is 31.1 Å². The van der Waals surface area contributed by atoms with Crippen molar-refractivity contribution in [2.24, 2.45) is 0 Å². The standard InChI is InChI=1S/C15H12N4O4S/c20-18(21)10-5-6-11(13(9-10)19(22)23)16-8-7-15-17-12-3-1-2-4-14(12)24-15/h1-6,9,16H,7-8H2. The lowest BCUT2D eigenvalue weighted by molar-refractivity contribution is -0.393. The highest BCUT2D eigenvalue weighted by Crippen LogP contribution is 2.29. The summed E-state index contributed by atoms with van der Waals surface area (Å²) in [4.78, 5) is 25.0. The molecule has 1 aromatic heterocycles. The lowest BCUT2D eigenvalue weighted by Gasteiger charge is -2.05. The van der Waals surface area contributed by atoms with E-state index in [1.807, 2.05) is 24.3 Å². The number of hydrogen-bond donors (Lipinski definition) is 1. The highest BCUT2D eigenvalue weighted by Gasteiger charge is 2.19. The summed E-state index contributed by atoms with van der Waals surface area (Å²) in [6.45, 7) is 0.443. The molecule has 0 aliphatic carbocycles. The number of para-hydroxylation sites is 1. The van der Waals surface area contributed by atoms with Gasteiger partial charge in [-0.25, -0.2) is 4.98 Å². The maximum absolute atomic E-state index is 11.1. The van der Waals surface area contributed by atoms with E-state index >= 15 is 0 Å². The van der Waals surface area contributed by atoms with Crippen LogP contribution in [0.15, 0.2) is 42.5 Å². The third-order valence-corrected chi connectivity index (χ3v) is 4.48. The molecule has 0 saturated carbocycles. The van der Waals surface area contributed by atoms with Crippen LogP contribution in [0, 0.1) is 20.2 Å². The number of non-ortho nitro benzene ring substituents is 1. The first kappa shape index (κ1) is 15.8. The van der Waals surface area contributed by atoms with Crippen molar-refractivity contribution < 1.29 is 9.85 Å². The summed E-state index contributed by atoms with van der Waals surface area (Å²) in [5.41, 5.74) is 0.567. The summed E-state index contributed by atoms with van der Waals surface area (Å²) in [6.07, 6.45) is 0.605. The van der Waals surface area contributed by atoms with E-state index in [0.717, 1.165) is 21.3 Å². The number of aromatic nitrogens is 1. The highest BCUT2D eigenvalue weighted by molar-refractivity contribution is 7.18. The van der Waals surface area contributed by atoms with Crippen LogP contribution in [-0.2, 0) is 6.42 Å². The normalized spacial score (nSPS) is 10.7. The number of nitro groups is 2. The number of thiazole rings is 1. The Kier molecular flexibility index (Phi) is 4.34. The van der Waals surface area contributed by atoms with Crippen molar-refractivity contribution >= 4 is 38.6 Å². The Morgan fingerprint density at radius 1 is 1.08 bits per heavy atom. The minimum atomic E-state index is -0.655. The predicted molar refractivity (Wildman–Crippen MR) is 91.6 cm³/mol. The number of nitro benzene ring substituents is 2.